The van der Waals surface area contributed by atoms with Gasteiger partial charge >= 0.3 is 24.3 Å². The van der Waals surface area contributed by atoms with Crippen LogP contribution < -0.4 is 21.3 Å². The van der Waals surface area contributed by atoms with Crippen molar-refractivity contribution >= 4 is 88.6 Å². The zero-order valence-corrected chi connectivity index (χ0v) is 26.0. The summed E-state index contributed by atoms with van der Waals surface area (Å²) in [7, 11) is 0. The number of alkyl halides is 6. The number of nitrogen functional groups attached to an aromatic ring is 2. The van der Waals surface area contributed by atoms with Crippen LogP contribution in [0.25, 0.3) is 21.8 Å². The van der Waals surface area contributed by atoms with Crippen molar-refractivity contribution in [3.05, 3.63) is 57.5 Å². The van der Waals surface area contributed by atoms with Crippen molar-refractivity contribution in [2.24, 2.45) is 0 Å². The highest BCUT2D eigenvalue weighted by Gasteiger charge is 2.38. The summed E-state index contributed by atoms with van der Waals surface area (Å²) in [6.45, 7) is 3.65. The number of carboxylic acids is 2. The van der Waals surface area contributed by atoms with Crippen molar-refractivity contribution in [2.75, 3.05) is 47.4 Å². The second-order valence-electron chi connectivity index (χ2n) is 9.39. The monoisotopic (exact) mass is 768 g/mol. The van der Waals surface area contributed by atoms with Gasteiger partial charge in [-0.3, -0.25) is 0 Å². The molecule has 4 aromatic rings. The van der Waals surface area contributed by atoms with Crippen molar-refractivity contribution in [2.45, 2.75) is 18.8 Å². The summed E-state index contributed by atoms with van der Waals surface area (Å²) < 4.78 is 65.5. The number of hydrogen-bond acceptors (Lipinski definition) is 8. The van der Waals surface area contributed by atoms with Crippen LogP contribution >= 0.6 is 31.9 Å². The molecule has 18 heteroatoms. The lowest BCUT2D eigenvalue weighted by Gasteiger charge is -2.27. The lowest BCUT2D eigenvalue weighted by atomic mass is 10.1. The van der Waals surface area contributed by atoms with Crippen LogP contribution in [-0.4, -0.2) is 70.7 Å². The smallest absolute Gasteiger partial charge is 0.475 e. The van der Waals surface area contributed by atoms with Crippen LogP contribution in [0, 0.1) is 0 Å². The largest absolute Gasteiger partial charge is 0.490 e. The Morgan fingerprint density at radius 2 is 1.00 bits per heavy atom. The Balaban J connectivity index is 0.000000331. The summed E-state index contributed by atoms with van der Waals surface area (Å²) in [5.74, 6) is -4.42. The lowest BCUT2D eigenvalue weighted by molar-refractivity contribution is -0.193. The van der Waals surface area contributed by atoms with Gasteiger partial charge in [-0.2, -0.15) is 26.3 Å². The van der Waals surface area contributed by atoms with Crippen molar-refractivity contribution in [3.63, 3.8) is 0 Å². The van der Waals surface area contributed by atoms with E-state index in [1.165, 1.54) is 0 Å². The zero-order valence-electron chi connectivity index (χ0n) is 22.8. The Bertz CT molecular complexity index is 1580. The Hall–Kier alpha value is -4.06. The van der Waals surface area contributed by atoms with Crippen LogP contribution in [0.15, 0.2) is 57.5 Å². The molecule has 1 aliphatic rings. The minimum Gasteiger partial charge on any atom is -0.475 e. The SMILES string of the molecule is Nc1cc(N2CCCN(c3cc(N)nc4ccc(Br)cc34)CC2)c2cc(Br)ccc2n1.O=C(O)C(F)(F)F.O=C(O)C(F)(F)F. The average Bonchev–Trinajstić information content (AvgIpc) is 3.18. The van der Waals surface area contributed by atoms with E-state index in [2.05, 4.69) is 63.8 Å². The Labute approximate surface area is 267 Å². The van der Waals surface area contributed by atoms with Crippen LogP contribution in [0.4, 0.5) is 49.4 Å². The molecule has 2 aromatic carbocycles. The van der Waals surface area contributed by atoms with E-state index < -0.39 is 24.3 Å². The molecule has 0 atom stereocenters. The number of anilines is 4. The molecular formula is C27H24Br2F6N6O4. The van der Waals surface area contributed by atoms with Gasteiger partial charge in [0.1, 0.15) is 11.6 Å². The maximum Gasteiger partial charge on any atom is 0.490 e. The predicted octanol–water partition coefficient (Wildman–Crippen LogP) is 6.46. The predicted molar refractivity (Wildman–Crippen MR) is 164 cm³/mol. The molecule has 2 aromatic heterocycles. The van der Waals surface area contributed by atoms with E-state index >= 15 is 0 Å². The molecule has 45 heavy (non-hydrogen) atoms. The first-order chi connectivity index (χ1) is 20.9. The highest BCUT2D eigenvalue weighted by atomic mass is 79.9. The minimum atomic E-state index is -5.08. The van der Waals surface area contributed by atoms with Gasteiger partial charge in [0.25, 0.3) is 0 Å². The third kappa shape index (κ3) is 9.71. The molecule has 5 rings (SSSR count). The van der Waals surface area contributed by atoms with E-state index in [1.807, 2.05) is 36.4 Å². The normalized spacial score (nSPS) is 13.8. The van der Waals surface area contributed by atoms with Gasteiger partial charge in [0.2, 0.25) is 0 Å². The number of nitrogens with zero attached hydrogens (tertiary/aromatic N) is 4. The molecule has 1 aliphatic heterocycles. The molecule has 0 unspecified atom stereocenters. The fourth-order valence-corrected chi connectivity index (χ4v) is 5.04. The fourth-order valence-electron chi connectivity index (χ4n) is 4.32. The van der Waals surface area contributed by atoms with E-state index in [0.717, 1.165) is 74.7 Å². The van der Waals surface area contributed by atoms with E-state index in [-0.39, 0.29) is 0 Å². The first kappa shape index (κ1) is 35.4. The second-order valence-corrected chi connectivity index (χ2v) is 11.2. The standard InChI is InChI=1S/C23H22Br2N6.2C2HF3O2/c24-14-2-4-18-16(10-14)20(12-22(26)28-18)30-6-1-7-31(9-8-30)21-13-23(27)29-19-5-3-15(25)11-17(19)21;2*3-2(4,5)1(6)7/h2-5,10-13H,1,6-9H2,(H2,26,28)(H2,27,29);2*(H,6,7). The summed E-state index contributed by atoms with van der Waals surface area (Å²) in [5, 5.41) is 16.5. The first-order valence-electron chi connectivity index (χ1n) is 12.7. The molecule has 0 radical (unpaired) electrons. The van der Waals surface area contributed by atoms with Crippen LogP contribution in [0.2, 0.25) is 0 Å². The number of hydrogen-bond donors (Lipinski definition) is 4. The second kappa shape index (κ2) is 14.4. The highest BCUT2D eigenvalue weighted by molar-refractivity contribution is 9.10. The van der Waals surface area contributed by atoms with Crippen molar-refractivity contribution in [3.8, 4) is 0 Å². The van der Waals surface area contributed by atoms with Crippen LogP contribution in [-0.2, 0) is 9.59 Å². The third-order valence-corrected chi connectivity index (χ3v) is 7.19. The maximum absolute atomic E-state index is 10.6. The molecule has 0 bridgehead atoms. The molecule has 1 fully saturated rings. The zero-order chi connectivity index (χ0) is 33.7. The number of benzene rings is 2. The molecule has 6 N–H and O–H groups in total. The first-order valence-corrected chi connectivity index (χ1v) is 14.3. The quantitative estimate of drug-likeness (QED) is 0.167. The Morgan fingerprint density at radius 3 is 1.31 bits per heavy atom. The van der Waals surface area contributed by atoms with E-state index in [9.17, 15) is 26.3 Å². The van der Waals surface area contributed by atoms with Crippen LogP contribution in [0.1, 0.15) is 6.42 Å². The van der Waals surface area contributed by atoms with Crippen LogP contribution in [0.5, 0.6) is 0 Å². The molecule has 242 valence electrons. The van der Waals surface area contributed by atoms with Gasteiger partial charge in [-0.25, -0.2) is 19.6 Å². The summed E-state index contributed by atoms with van der Waals surface area (Å²) in [5.41, 5.74) is 16.4. The maximum atomic E-state index is 10.6. The van der Waals surface area contributed by atoms with Crippen molar-refractivity contribution in [1.82, 2.24) is 9.97 Å². The Kier molecular flexibility index (Phi) is 11.3. The number of carboxylic acid groups (broad SMARTS) is 2. The molecule has 0 spiro atoms. The molecule has 3 heterocycles. The Morgan fingerprint density at radius 1 is 0.667 bits per heavy atom. The molecule has 0 aliphatic carbocycles. The number of aromatic nitrogens is 2. The lowest BCUT2D eigenvalue weighted by Crippen LogP contribution is -2.31. The topological polar surface area (TPSA) is 159 Å². The van der Waals surface area contributed by atoms with Gasteiger partial charge in [0.15, 0.2) is 0 Å². The van der Waals surface area contributed by atoms with Gasteiger partial charge in [0.05, 0.1) is 11.0 Å². The minimum absolute atomic E-state index is 0.545. The number of pyridine rings is 2. The van der Waals surface area contributed by atoms with Gasteiger partial charge in [0, 0.05) is 69.4 Å². The van der Waals surface area contributed by atoms with E-state index in [0.29, 0.717) is 11.6 Å². The summed E-state index contributed by atoms with van der Waals surface area (Å²) in [6.07, 6.45) is -9.14. The number of halogens is 8. The average molecular weight is 770 g/mol. The summed E-state index contributed by atoms with van der Waals surface area (Å²) in [6, 6.07) is 16.2. The van der Waals surface area contributed by atoms with E-state index in [4.69, 9.17) is 31.3 Å². The molecule has 0 saturated carbocycles. The molecule has 0 amide bonds. The molecule has 1 saturated heterocycles. The fraction of sp³-hybridized carbons (Fsp3) is 0.259. The molecular weight excluding hydrogens is 746 g/mol. The van der Waals surface area contributed by atoms with Gasteiger partial charge in [-0.15, -0.1) is 0 Å². The number of carbonyl (C=O) groups is 2. The van der Waals surface area contributed by atoms with Gasteiger partial charge in [-0.05, 0) is 42.8 Å². The van der Waals surface area contributed by atoms with E-state index in [1.54, 1.807) is 0 Å². The van der Waals surface area contributed by atoms with Crippen LogP contribution in [0.3, 0.4) is 0 Å². The van der Waals surface area contributed by atoms with Crippen molar-refractivity contribution < 1.29 is 46.1 Å². The number of rotatable bonds is 2. The highest BCUT2D eigenvalue weighted by Crippen LogP contribution is 2.34. The molecule has 10 nitrogen and oxygen atoms in total. The van der Waals surface area contributed by atoms with Gasteiger partial charge in [-0.1, -0.05) is 31.9 Å². The van der Waals surface area contributed by atoms with Crippen molar-refractivity contribution in [1.29, 1.82) is 0 Å². The third-order valence-electron chi connectivity index (χ3n) is 6.20. The number of nitrogens with two attached hydrogens (primary N) is 2. The number of aliphatic carboxylic acids is 2. The summed E-state index contributed by atoms with van der Waals surface area (Å²) in [4.78, 5) is 31.6. The van der Waals surface area contributed by atoms with Gasteiger partial charge < -0.3 is 31.5 Å². The summed E-state index contributed by atoms with van der Waals surface area (Å²) >= 11 is 7.19. The number of fused-ring (bicyclic) bond motifs is 2.